The highest BCUT2D eigenvalue weighted by Crippen LogP contribution is 2.27. The zero-order valence-electron chi connectivity index (χ0n) is 18.7. The molecule has 168 valence electrons. The third-order valence-electron chi connectivity index (χ3n) is 6.79. The van der Waals surface area contributed by atoms with Gasteiger partial charge in [0.15, 0.2) is 0 Å². The van der Waals surface area contributed by atoms with Gasteiger partial charge in [0, 0.05) is 58.0 Å². The first-order valence-electron chi connectivity index (χ1n) is 11.2. The number of nitrogens with zero attached hydrogens (tertiary/aromatic N) is 5. The smallest absolute Gasteiger partial charge is 0.330 e. The summed E-state index contributed by atoms with van der Waals surface area (Å²) < 4.78 is 2.70. The summed E-state index contributed by atoms with van der Waals surface area (Å²) in [7, 11) is 3.22. The van der Waals surface area contributed by atoms with Crippen molar-refractivity contribution in [2.24, 2.45) is 14.1 Å². The van der Waals surface area contributed by atoms with Gasteiger partial charge in [-0.25, -0.2) is 9.78 Å². The van der Waals surface area contributed by atoms with Gasteiger partial charge in [-0.15, -0.1) is 0 Å². The van der Waals surface area contributed by atoms with Crippen molar-refractivity contribution >= 4 is 5.95 Å². The molecule has 0 aromatic carbocycles. The Balaban J connectivity index is 1.56. The van der Waals surface area contributed by atoms with Crippen molar-refractivity contribution in [2.75, 3.05) is 31.1 Å². The number of anilines is 1. The zero-order chi connectivity index (χ0) is 22.1. The van der Waals surface area contributed by atoms with E-state index >= 15 is 0 Å². The van der Waals surface area contributed by atoms with Gasteiger partial charge in [-0.2, -0.15) is 0 Å². The Morgan fingerprint density at radius 2 is 1.77 bits per heavy atom. The van der Waals surface area contributed by atoms with E-state index in [9.17, 15) is 14.4 Å². The molecular weight excluding hydrogens is 396 g/mol. The average molecular weight is 429 g/mol. The lowest BCUT2D eigenvalue weighted by atomic mass is 9.94. The molecule has 2 aliphatic heterocycles. The third kappa shape index (κ3) is 4.37. The van der Waals surface area contributed by atoms with Crippen LogP contribution in [0.25, 0.3) is 0 Å². The number of aromatic amines is 1. The van der Waals surface area contributed by atoms with Gasteiger partial charge in [-0.1, -0.05) is 0 Å². The van der Waals surface area contributed by atoms with E-state index in [1.54, 1.807) is 13.1 Å². The van der Waals surface area contributed by atoms with Gasteiger partial charge in [0.25, 0.3) is 11.1 Å². The molecule has 1 atom stereocenters. The van der Waals surface area contributed by atoms with E-state index in [2.05, 4.69) is 14.8 Å². The van der Waals surface area contributed by atoms with Crippen LogP contribution < -0.4 is 21.7 Å². The van der Waals surface area contributed by atoms with Crippen LogP contribution in [0.1, 0.15) is 55.0 Å². The summed E-state index contributed by atoms with van der Waals surface area (Å²) in [6.07, 6.45) is 5.42. The normalized spacial score (nSPS) is 20.2. The van der Waals surface area contributed by atoms with E-state index in [0.29, 0.717) is 23.8 Å². The second-order valence-electron chi connectivity index (χ2n) is 8.89. The van der Waals surface area contributed by atoms with Gasteiger partial charge in [0.1, 0.15) is 0 Å². The molecule has 1 unspecified atom stereocenters. The van der Waals surface area contributed by atoms with Crippen LogP contribution in [0.3, 0.4) is 0 Å². The molecule has 2 aromatic rings. The van der Waals surface area contributed by atoms with Gasteiger partial charge in [-0.05, 0) is 45.6 Å². The predicted octanol–water partition coefficient (Wildman–Crippen LogP) is 0.846. The minimum absolute atomic E-state index is 0.106. The predicted molar refractivity (Wildman–Crippen MR) is 120 cm³/mol. The summed E-state index contributed by atoms with van der Waals surface area (Å²) in [6.45, 7) is 5.79. The number of piperidine rings is 2. The Bertz CT molecular complexity index is 1130. The first-order chi connectivity index (χ1) is 14.8. The number of hydrogen-bond donors (Lipinski definition) is 1. The van der Waals surface area contributed by atoms with Crippen LogP contribution in [0.15, 0.2) is 20.4 Å². The lowest BCUT2D eigenvalue weighted by molar-refractivity contribution is 0.196. The fourth-order valence-corrected chi connectivity index (χ4v) is 4.79. The summed E-state index contributed by atoms with van der Waals surface area (Å²) in [5, 5.41) is 0. The Kier molecular flexibility index (Phi) is 6.13. The Hall–Kier alpha value is -2.68. The molecular formula is C22H32N6O3. The van der Waals surface area contributed by atoms with Crippen molar-refractivity contribution in [1.29, 1.82) is 0 Å². The van der Waals surface area contributed by atoms with Crippen molar-refractivity contribution in [3.63, 3.8) is 0 Å². The van der Waals surface area contributed by atoms with Crippen molar-refractivity contribution in [3.05, 3.63) is 54.2 Å². The number of rotatable bonds is 4. The second kappa shape index (κ2) is 8.82. The summed E-state index contributed by atoms with van der Waals surface area (Å²) in [4.78, 5) is 49.4. The van der Waals surface area contributed by atoms with E-state index in [1.807, 2.05) is 6.92 Å². The van der Waals surface area contributed by atoms with Crippen molar-refractivity contribution < 1.29 is 0 Å². The molecule has 9 heteroatoms. The molecule has 2 aliphatic rings. The van der Waals surface area contributed by atoms with Crippen LogP contribution in [0.2, 0.25) is 0 Å². The fraction of sp³-hybridized carbons (Fsp3) is 0.636. The molecule has 0 bridgehead atoms. The molecule has 2 aromatic heterocycles. The molecule has 2 fully saturated rings. The summed E-state index contributed by atoms with van der Waals surface area (Å²) in [5.41, 5.74) is 1.55. The minimum atomic E-state index is -0.305. The molecule has 2 saturated heterocycles. The highest BCUT2D eigenvalue weighted by atomic mass is 16.2. The first kappa shape index (κ1) is 21.5. The van der Waals surface area contributed by atoms with Gasteiger partial charge in [-0.3, -0.25) is 24.0 Å². The van der Waals surface area contributed by atoms with Crippen LogP contribution in [-0.2, 0) is 20.6 Å². The van der Waals surface area contributed by atoms with Gasteiger partial charge < -0.3 is 9.47 Å². The molecule has 9 nitrogen and oxygen atoms in total. The molecule has 0 amide bonds. The van der Waals surface area contributed by atoms with E-state index in [0.717, 1.165) is 57.6 Å². The Morgan fingerprint density at radius 1 is 1.03 bits per heavy atom. The molecule has 31 heavy (non-hydrogen) atoms. The van der Waals surface area contributed by atoms with Crippen LogP contribution in [0.5, 0.6) is 0 Å². The molecule has 0 saturated carbocycles. The number of aromatic nitrogens is 4. The Labute approximate surface area is 181 Å². The molecule has 0 aliphatic carbocycles. The summed E-state index contributed by atoms with van der Waals surface area (Å²) in [6, 6.07) is 1.62. The largest absolute Gasteiger partial charge is 0.342 e. The molecule has 1 N–H and O–H groups in total. The Morgan fingerprint density at radius 3 is 2.52 bits per heavy atom. The molecule has 4 heterocycles. The molecule has 0 spiro atoms. The van der Waals surface area contributed by atoms with Gasteiger partial charge in [0.05, 0.1) is 11.3 Å². The summed E-state index contributed by atoms with van der Waals surface area (Å²) >= 11 is 0. The molecule has 0 radical (unpaired) electrons. The van der Waals surface area contributed by atoms with Crippen molar-refractivity contribution in [1.82, 2.24) is 24.0 Å². The highest BCUT2D eigenvalue weighted by Gasteiger charge is 2.26. The second-order valence-corrected chi connectivity index (χ2v) is 8.89. The number of hydrogen-bond acceptors (Lipinski definition) is 6. The average Bonchev–Trinajstić information content (AvgIpc) is 2.79. The van der Waals surface area contributed by atoms with Gasteiger partial charge in [0.2, 0.25) is 5.95 Å². The van der Waals surface area contributed by atoms with Crippen molar-refractivity contribution in [3.8, 4) is 0 Å². The highest BCUT2D eigenvalue weighted by molar-refractivity contribution is 5.32. The number of nitrogens with one attached hydrogen (secondary N) is 1. The van der Waals surface area contributed by atoms with Crippen LogP contribution in [0.4, 0.5) is 5.95 Å². The third-order valence-corrected chi connectivity index (χ3v) is 6.79. The van der Waals surface area contributed by atoms with Crippen LogP contribution in [-0.4, -0.2) is 50.2 Å². The SMILES string of the molecule is Cc1c(CN2CCCC(c3cc(=O)[nH]c(N4CCCCC4)n3)C2)c(=O)n(C)c(=O)n1C. The zero-order valence-corrected chi connectivity index (χ0v) is 18.7. The lowest BCUT2D eigenvalue weighted by Gasteiger charge is -2.33. The number of H-pyrrole nitrogens is 1. The maximum atomic E-state index is 12.7. The van der Waals surface area contributed by atoms with E-state index < -0.39 is 0 Å². The standard InChI is InChI=1S/C22H32N6O3/c1-15-17(20(30)26(3)22(31)25(15)2)14-27-9-7-8-16(13-27)18-12-19(29)24-21(23-18)28-10-5-4-6-11-28/h12,16H,4-11,13-14H2,1-3H3,(H,23,24,29). The van der Waals surface area contributed by atoms with E-state index in [-0.39, 0.29) is 22.7 Å². The van der Waals surface area contributed by atoms with E-state index in [1.165, 1.54) is 22.6 Å². The molecule has 4 rings (SSSR count). The van der Waals surface area contributed by atoms with Crippen LogP contribution in [0, 0.1) is 6.92 Å². The van der Waals surface area contributed by atoms with Gasteiger partial charge >= 0.3 is 5.69 Å². The minimum Gasteiger partial charge on any atom is -0.342 e. The first-order valence-corrected chi connectivity index (χ1v) is 11.2. The topological polar surface area (TPSA) is 96.2 Å². The number of likely N-dealkylation sites (tertiary alicyclic amines) is 1. The van der Waals surface area contributed by atoms with Crippen LogP contribution >= 0.6 is 0 Å². The monoisotopic (exact) mass is 428 g/mol. The maximum Gasteiger partial charge on any atom is 0.330 e. The summed E-state index contributed by atoms with van der Waals surface area (Å²) in [5.74, 6) is 0.832. The fourth-order valence-electron chi connectivity index (χ4n) is 4.79. The quantitative estimate of drug-likeness (QED) is 0.776. The van der Waals surface area contributed by atoms with Crippen molar-refractivity contribution in [2.45, 2.75) is 51.5 Å². The maximum absolute atomic E-state index is 12.7. The lowest BCUT2D eigenvalue weighted by Crippen LogP contribution is -2.43. The van der Waals surface area contributed by atoms with E-state index in [4.69, 9.17) is 4.98 Å².